The molecule has 0 unspecified atom stereocenters. The Bertz CT molecular complexity index is 675. The number of aryl methyl sites for hydroxylation is 1. The van der Waals surface area contributed by atoms with Crippen LogP contribution in [0.4, 0.5) is 0 Å². The van der Waals surface area contributed by atoms with E-state index in [0.29, 0.717) is 0 Å². The Balaban J connectivity index is 1.91. The van der Waals surface area contributed by atoms with Crippen LogP contribution in [0, 0.1) is 18.8 Å². The Hall–Kier alpha value is -1.28. The van der Waals surface area contributed by atoms with Crippen LogP contribution in [0.2, 0.25) is 4.34 Å². The summed E-state index contributed by atoms with van der Waals surface area (Å²) in [4.78, 5) is 7.88. The van der Waals surface area contributed by atoms with Gasteiger partial charge < -0.3 is 4.57 Å². The average molecular weight is 292 g/mol. The van der Waals surface area contributed by atoms with Gasteiger partial charge in [-0.3, -0.25) is 4.90 Å². The van der Waals surface area contributed by atoms with Crippen LogP contribution < -0.4 is 0 Å². The number of imidazole rings is 1. The van der Waals surface area contributed by atoms with E-state index in [2.05, 4.69) is 33.3 Å². The number of aromatic nitrogens is 2. The maximum absolute atomic E-state index is 6.13. The van der Waals surface area contributed by atoms with Gasteiger partial charge in [-0.25, -0.2) is 4.98 Å². The fraction of sp³-hybridized carbons (Fsp3) is 0.357. The molecule has 5 heteroatoms. The van der Waals surface area contributed by atoms with E-state index in [4.69, 9.17) is 11.6 Å². The van der Waals surface area contributed by atoms with Crippen LogP contribution in [0.1, 0.15) is 22.0 Å². The third-order valence-corrected chi connectivity index (χ3v) is 4.46. The maximum Gasteiger partial charge on any atom is 0.123 e. The summed E-state index contributed by atoms with van der Waals surface area (Å²) < 4.78 is 2.96. The van der Waals surface area contributed by atoms with Crippen molar-refractivity contribution < 1.29 is 0 Å². The largest absolute Gasteiger partial charge is 0.319 e. The molecule has 3 heterocycles. The number of nitrogens with zero attached hydrogens (tertiary/aromatic N) is 3. The Morgan fingerprint density at radius 3 is 2.95 bits per heavy atom. The second kappa shape index (κ2) is 5.01. The molecule has 2 aromatic rings. The van der Waals surface area contributed by atoms with Gasteiger partial charge in [-0.15, -0.1) is 11.3 Å². The molecule has 0 bridgehead atoms. The molecule has 0 radical (unpaired) electrons. The molecular weight excluding hydrogens is 278 g/mol. The van der Waals surface area contributed by atoms with E-state index in [0.717, 1.165) is 41.1 Å². The summed E-state index contributed by atoms with van der Waals surface area (Å²) in [6.07, 6.45) is 1.86. The topological polar surface area (TPSA) is 21.1 Å². The third-order valence-electron chi connectivity index (χ3n) is 3.19. The van der Waals surface area contributed by atoms with E-state index in [1.54, 1.807) is 11.3 Å². The van der Waals surface area contributed by atoms with Gasteiger partial charge in [0.2, 0.25) is 0 Å². The smallest absolute Gasteiger partial charge is 0.123 e. The Labute approximate surface area is 121 Å². The first kappa shape index (κ1) is 12.7. The normalized spacial score (nSPS) is 14.9. The number of likely N-dealkylation sites (N-methyl/N-ethyl adjacent to an activating group) is 1. The van der Waals surface area contributed by atoms with Crippen molar-refractivity contribution in [3.8, 4) is 11.8 Å². The highest BCUT2D eigenvalue weighted by molar-refractivity contribution is 7.16. The van der Waals surface area contributed by atoms with Crippen molar-refractivity contribution in [2.45, 2.75) is 20.0 Å². The van der Waals surface area contributed by atoms with Gasteiger partial charge >= 0.3 is 0 Å². The summed E-state index contributed by atoms with van der Waals surface area (Å²) in [5, 5.41) is 0. The van der Waals surface area contributed by atoms with Crippen molar-refractivity contribution in [3.63, 3.8) is 0 Å². The molecular formula is C14H14ClN3S. The third kappa shape index (κ3) is 2.55. The SMILES string of the molecule is Cc1cc(C#Cc2cnc3n2CCN(C)C3)c(Cl)s1. The van der Waals surface area contributed by atoms with Crippen molar-refractivity contribution in [2.24, 2.45) is 0 Å². The Morgan fingerprint density at radius 2 is 2.21 bits per heavy atom. The molecule has 1 aliphatic rings. The fourth-order valence-corrected chi connectivity index (χ4v) is 3.33. The number of rotatable bonds is 0. The van der Waals surface area contributed by atoms with E-state index in [9.17, 15) is 0 Å². The van der Waals surface area contributed by atoms with Gasteiger partial charge in [0.25, 0.3) is 0 Å². The first-order valence-electron chi connectivity index (χ1n) is 6.14. The minimum atomic E-state index is 0.767. The van der Waals surface area contributed by atoms with Crippen molar-refractivity contribution >= 4 is 22.9 Å². The molecule has 3 nitrogen and oxygen atoms in total. The minimum absolute atomic E-state index is 0.767. The predicted molar refractivity (Wildman–Crippen MR) is 78.6 cm³/mol. The molecule has 1 aliphatic heterocycles. The number of fused-ring (bicyclic) bond motifs is 1. The second-order valence-electron chi connectivity index (χ2n) is 4.74. The number of thiophene rings is 1. The summed E-state index contributed by atoms with van der Waals surface area (Å²) in [5.41, 5.74) is 1.88. The van der Waals surface area contributed by atoms with Crippen LogP contribution in [-0.4, -0.2) is 28.0 Å². The zero-order chi connectivity index (χ0) is 13.4. The quantitative estimate of drug-likeness (QED) is 0.696. The second-order valence-corrected chi connectivity index (χ2v) is 6.60. The lowest BCUT2D eigenvalue weighted by molar-refractivity contribution is 0.264. The van der Waals surface area contributed by atoms with Crippen molar-refractivity contribution in [1.29, 1.82) is 0 Å². The van der Waals surface area contributed by atoms with Crippen molar-refractivity contribution in [2.75, 3.05) is 13.6 Å². The molecule has 0 saturated carbocycles. The molecule has 0 atom stereocenters. The van der Waals surface area contributed by atoms with Crippen LogP contribution in [0.5, 0.6) is 0 Å². The first-order valence-corrected chi connectivity index (χ1v) is 7.34. The lowest BCUT2D eigenvalue weighted by Crippen LogP contribution is -2.30. The van der Waals surface area contributed by atoms with Gasteiger partial charge in [-0.05, 0) is 26.0 Å². The maximum atomic E-state index is 6.13. The highest BCUT2D eigenvalue weighted by Crippen LogP contribution is 2.26. The number of hydrogen-bond donors (Lipinski definition) is 0. The zero-order valence-electron chi connectivity index (χ0n) is 10.9. The predicted octanol–water partition coefficient (Wildman–Crippen LogP) is 2.75. The zero-order valence-corrected chi connectivity index (χ0v) is 12.5. The summed E-state index contributed by atoms with van der Waals surface area (Å²) in [6, 6.07) is 2.03. The van der Waals surface area contributed by atoms with E-state index < -0.39 is 0 Å². The van der Waals surface area contributed by atoms with Crippen LogP contribution >= 0.6 is 22.9 Å². The highest BCUT2D eigenvalue weighted by atomic mass is 35.5. The number of halogens is 1. The molecule has 0 saturated heterocycles. The molecule has 3 rings (SSSR count). The van der Waals surface area contributed by atoms with Gasteiger partial charge in [-0.2, -0.15) is 0 Å². The molecule has 0 amide bonds. The van der Waals surface area contributed by atoms with Gasteiger partial charge in [-0.1, -0.05) is 17.5 Å². The van der Waals surface area contributed by atoms with Gasteiger partial charge in [0.1, 0.15) is 15.9 Å². The average Bonchev–Trinajstić information content (AvgIpc) is 2.89. The standard InChI is InChI=1S/C14H14ClN3S/c1-10-7-11(14(15)19-10)3-4-12-8-16-13-9-17(2)5-6-18(12)13/h7-8H,5-6,9H2,1-2H3. The Kier molecular flexibility index (Phi) is 3.36. The monoisotopic (exact) mass is 291 g/mol. The van der Waals surface area contributed by atoms with Gasteiger partial charge in [0.05, 0.1) is 18.3 Å². The van der Waals surface area contributed by atoms with Crippen molar-refractivity contribution in [1.82, 2.24) is 14.5 Å². The summed E-state index contributed by atoms with van der Waals surface area (Å²) >= 11 is 7.70. The summed E-state index contributed by atoms with van der Waals surface area (Å²) in [5.74, 6) is 7.43. The van der Waals surface area contributed by atoms with Crippen molar-refractivity contribution in [3.05, 3.63) is 38.6 Å². The highest BCUT2D eigenvalue weighted by Gasteiger charge is 2.16. The molecule has 0 spiro atoms. The molecule has 2 aromatic heterocycles. The van der Waals surface area contributed by atoms with E-state index in [1.807, 2.05) is 19.2 Å². The molecule has 0 aliphatic carbocycles. The van der Waals surface area contributed by atoms with E-state index >= 15 is 0 Å². The minimum Gasteiger partial charge on any atom is -0.319 e. The van der Waals surface area contributed by atoms with Crippen LogP contribution in [0.3, 0.4) is 0 Å². The van der Waals surface area contributed by atoms with E-state index in [-0.39, 0.29) is 0 Å². The fourth-order valence-electron chi connectivity index (χ4n) is 2.18. The molecule has 0 N–H and O–H groups in total. The summed E-state index contributed by atoms with van der Waals surface area (Å²) in [6.45, 7) is 4.92. The molecule has 19 heavy (non-hydrogen) atoms. The van der Waals surface area contributed by atoms with E-state index in [1.165, 1.54) is 4.88 Å². The summed E-state index contributed by atoms with van der Waals surface area (Å²) in [7, 11) is 2.11. The number of hydrogen-bond acceptors (Lipinski definition) is 3. The lowest BCUT2D eigenvalue weighted by Gasteiger charge is -2.23. The van der Waals surface area contributed by atoms with Gasteiger partial charge in [0.15, 0.2) is 0 Å². The van der Waals surface area contributed by atoms with Crippen LogP contribution in [0.25, 0.3) is 0 Å². The first-order chi connectivity index (χ1) is 9.13. The lowest BCUT2D eigenvalue weighted by atomic mass is 10.3. The van der Waals surface area contributed by atoms with Crippen LogP contribution in [-0.2, 0) is 13.1 Å². The Morgan fingerprint density at radius 1 is 1.37 bits per heavy atom. The molecule has 0 fully saturated rings. The van der Waals surface area contributed by atoms with Gasteiger partial charge in [0, 0.05) is 18.0 Å². The van der Waals surface area contributed by atoms with Crippen LogP contribution in [0.15, 0.2) is 12.3 Å². The molecule has 0 aromatic carbocycles. The molecule has 98 valence electrons.